The van der Waals surface area contributed by atoms with Crippen LogP contribution in [0.5, 0.6) is 5.75 Å². The van der Waals surface area contributed by atoms with Crippen molar-refractivity contribution in [2.24, 2.45) is 10.8 Å². The molecular formula is C11H13F2N3O2. The van der Waals surface area contributed by atoms with Gasteiger partial charge in [0.1, 0.15) is 0 Å². The van der Waals surface area contributed by atoms with Crippen LogP contribution in [-0.4, -0.2) is 18.3 Å². The molecule has 0 aliphatic heterocycles. The Morgan fingerprint density at radius 1 is 1.44 bits per heavy atom. The molecule has 0 atom stereocenters. The van der Waals surface area contributed by atoms with Gasteiger partial charge in [0.25, 0.3) is 0 Å². The lowest BCUT2D eigenvalue weighted by molar-refractivity contribution is 0.219. The van der Waals surface area contributed by atoms with E-state index < -0.39 is 23.4 Å². The number of hydrogen-bond acceptors (Lipinski definition) is 3. The Bertz CT molecular complexity index is 452. The van der Waals surface area contributed by atoms with Crippen LogP contribution in [0, 0.1) is 11.6 Å². The quantitative estimate of drug-likeness (QED) is 0.636. The Balaban J connectivity index is 2.92. The number of nitrogens with zero attached hydrogens (tertiary/aromatic N) is 1. The molecule has 0 spiro atoms. The van der Waals surface area contributed by atoms with E-state index in [2.05, 4.69) is 5.10 Å². The normalized spacial score (nSPS) is 10.9. The maximum atomic E-state index is 13.5. The molecule has 98 valence electrons. The zero-order valence-electron chi connectivity index (χ0n) is 9.91. The first-order valence-corrected chi connectivity index (χ1v) is 5.14. The second-order valence-electron chi connectivity index (χ2n) is 3.71. The number of hydrogen-bond donors (Lipinski definition) is 2. The third-order valence-corrected chi connectivity index (χ3v) is 1.76. The number of benzene rings is 1. The van der Waals surface area contributed by atoms with Crippen LogP contribution in [-0.2, 0) is 0 Å². The van der Waals surface area contributed by atoms with Crippen molar-refractivity contribution < 1.29 is 18.3 Å². The predicted molar refractivity (Wildman–Crippen MR) is 62.4 cm³/mol. The molecule has 0 saturated carbocycles. The summed E-state index contributed by atoms with van der Waals surface area (Å²) in [5.41, 5.74) is 6.81. The molecule has 0 aromatic heterocycles. The minimum Gasteiger partial charge on any atom is -0.485 e. The van der Waals surface area contributed by atoms with Gasteiger partial charge in [-0.05, 0) is 26.0 Å². The van der Waals surface area contributed by atoms with Crippen LogP contribution < -0.4 is 15.9 Å². The number of nitrogens with one attached hydrogen (secondary N) is 1. The lowest BCUT2D eigenvalue weighted by Crippen LogP contribution is -2.24. The fraction of sp³-hybridized carbons (Fsp3) is 0.273. The summed E-state index contributed by atoms with van der Waals surface area (Å²) in [6.45, 7) is 3.32. The number of rotatable bonds is 4. The summed E-state index contributed by atoms with van der Waals surface area (Å²) >= 11 is 0. The molecule has 7 heteroatoms. The molecule has 2 amide bonds. The number of halogens is 2. The van der Waals surface area contributed by atoms with Crippen LogP contribution in [0.15, 0.2) is 17.2 Å². The second kappa shape index (κ2) is 5.95. The summed E-state index contributed by atoms with van der Waals surface area (Å²) in [5, 5.41) is 3.39. The number of amides is 2. The third kappa shape index (κ3) is 4.00. The van der Waals surface area contributed by atoms with Gasteiger partial charge in [-0.15, -0.1) is 0 Å². The number of primary amides is 1. The zero-order valence-corrected chi connectivity index (χ0v) is 9.91. The average Bonchev–Trinajstić information content (AvgIpc) is 2.22. The second-order valence-corrected chi connectivity index (χ2v) is 3.71. The number of nitrogens with two attached hydrogens (primary N) is 1. The summed E-state index contributed by atoms with van der Waals surface area (Å²) in [6.07, 6.45) is 0.723. The van der Waals surface area contributed by atoms with Crippen LogP contribution in [0.4, 0.5) is 13.6 Å². The molecule has 0 unspecified atom stereocenters. The Morgan fingerprint density at radius 3 is 2.44 bits per heavy atom. The van der Waals surface area contributed by atoms with E-state index in [9.17, 15) is 13.6 Å². The highest BCUT2D eigenvalue weighted by molar-refractivity contribution is 5.81. The minimum atomic E-state index is -0.869. The van der Waals surface area contributed by atoms with E-state index in [-0.39, 0.29) is 11.7 Å². The Morgan fingerprint density at radius 2 is 2.00 bits per heavy atom. The molecule has 0 saturated heterocycles. The van der Waals surface area contributed by atoms with Crippen molar-refractivity contribution in [2.45, 2.75) is 20.0 Å². The van der Waals surface area contributed by atoms with Crippen LogP contribution in [0.2, 0.25) is 0 Å². The van der Waals surface area contributed by atoms with Gasteiger partial charge >= 0.3 is 6.03 Å². The highest BCUT2D eigenvalue weighted by Crippen LogP contribution is 2.23. The molecule has 18 heavy (non-hydrogen) atoms. The van der Waals surface area contributed by atoms with Gasteiger partial charge in [0.15, 0.2) is 17.4 Å². The van der Waals surface area contributed by atoms with Gasteiger partial charge in [0, 0.05) is 5.56 Å². The predicted octanol–water partition coefficient (Wildman–Crippen LogP) is 1.75. The fourth-order valence-corrected chi connectivity index (χ4v) is 1.17. The first-order chi connectivity index (χ1) is 8.40. The van der Waals surface area contributed by atoms with E-state index in [1.54, 1.807) is 13.8 Å². The first-order valence-electron chi connectivity index (χ1n) is 5.14. The van der Waals surface area contributed by atoms with Crippen molar-refractivity contribution in [1.29, 1.82) is 0 Å². The molecule has 0 aliphatic rings. The smallest absolute Gasteiger partial charge is 0.332 e. The van der Waals surface area contributed by atoms with Gasteiger partial charge in [0.05, 0.1) is 12.3 Å². The molecule has 1 aromatic rings. The topological polar surface area (TPSA) is 76.7 Å². The molecule has 0 fully saturated rings. The molecule has 0 bridgehead atoms. The molecule has 1 aromatic carbocycles. The molecule has 0 heterocycles. The highest BCUT2D eigenvalue weighted by Gasteiger charge is 2.13. The van der Waals surface area contributed by atoms with Gasteiger partial charge in [0.2, 0.25) is 0 Å². The van der Waals surface area contributed by atoms with Crippen molar-refractivity contribution >= 4 is 12.2 Å². The standard InChI is InChI=1S/C11H13F2N3O2/c1-6(2)18-10-8(12)3-7(4-9(10)13)5-15-16-11(14)17/h3-6H,1-2H3,(H3,14,16,17). The van der Waals surface area contributed by atoms with Crippen LogP contribution >= 0.6 is 0 Å². The van der Waals surface area contributed by atoms with Crippen molar-refractivity contribution in [2.75, 3.05) is 0 Å². The van der Waals surface area contributed by atoms with Crippen molar-refractivity contribution in [3.05, 3.63) is 29.3 Å². The maximum absolute atomic E-state index is 13.5. The number of urea groups is 1. The monoisotopic (exact) mass is 257 g/mol. The Labute approximate surface area is 103 Å². The zero-order chi connectivity index (χ0) is 13.7. The van der Waals surface area contributed by atoms with Crippen LogP contribution in [0.1, 0.15) is 19.4 Å². The van der Waals surface area contributed by atoms with E-state index in [4.69, 9.17) is 10.5 Å². The molecule has 1 rings (SSSR count). The molecule has 0 radical (unpaired) electrons. The number of hydrazone groups is 1. The molecule has 5 nitrogen and oxygen atoms in total. The van der Waals surface area contributed by atoms with Gasteiger partial charge in [-0.2, -0.15) is 5.10 Å². The van der Waals surface area contributed by atoms with Crippen molar-refractivity contribution in [3.63, 3.8) is 0 Å². The summed E-state index contributed by atoms with van der Waals surface area (Å²) < 4.78 is 32.0. The van der Waals surface area contributed by atoms with Crippen LogP contribution in [0.3, 0.4) is 0 Å². The summed E-state index contributed by atoms with van der Waals surface area (Å²) in [6, 6.07) is 1.20. The van der Waals surface area contributed by atoms with Gasteiger partial charge in [-0.1, -0.05) is 0 Å². The van der Waals surface area contributed by atoms with E-state index in [0.29, 0.717) is 0 Å². The average molecular weight is 257 g/mol. The van der Waals surface area contributed by atoms with E-state index in [1.165, 1.54) is 0 Å². The fourth-order valence-electron chi connectivity index (χ4n) is 1.17. The summed E-state index contributed by atoms with van der Waals surface area (Å²) in [4.78, 5) is 10.3. The number of carbonyl (C=O) groups excluding carboxylic acids is 1. The van der Waals surface area contributed by atoms with Crippen LogP contribution in [0.25, 0.3) is 0 Å². The highest BCUT2D eigenvalue weighted by atomic mass is 19.1. The lowest BCUT2D eigenvalue weighted by atomic mass is 10.2. The minimum absolute atomic E-state index is 0.134. The Hall–Kier alpha value is -2.18. The number of carbonyl (C=O) groups is 1. The SMILES string of the molecule is CC(C)Oc1c(F)cc(C=NNC(N)=O)cc1F. The summed E-state index contributed by atoms with van der Waals surface area (Å²) in [7, 11) is 0. The largest absolute Gasteiger partial charge is 0.485 e. The summed E-state index contributed by atoms with van der Waals surface area (Å²) in [5.74, 6) is -2.13. The molecule has 0 aliphatic carbocycles. The van der Waals surface area contributed by atoms with Gasteiger partial charge in [-0.25, -0.2) is 19.0 Å². The van der Waals surface area contributed by atoms with Crippen molar-refractivity contribution in [3.8, 4) is 5.75 Å². The Kier molecular flexibility index (Phi) is 4.59. The number of ether oxygens (including phenoxy) is 1. The first kappa shape index (κ1) is 13.9. The van der Waals surface area contributed by atoms with Gasteiger partial charge < -0.3 is 10.5 Å². The lowest BCUT2D eigenvalue weighted by Gasteiger charge is -2.11. The molecular weight excluding hydrogens is 244 g/mol. The van der Waals surface area contributed by atoms with E-state index in [0.717, 1.165) is 18.3 Å². The van der Waals surface area contributed by atoms with E-state index in [1.807, 2.05) is 5.43 Å². The van der Waals surface area contributed by atoms with E-state index >= 15 is 0 Å². The van der Waals surface area contributed by atoms with Gasteiger partial charge in [-0.3, -0.25) is 0 Å². The maximum Gasteiger partial charge on any atom is 0.332 e. The third-order valence-electron chi connectivity index (χ3n) is 1.76. The molecule has 3 N–H and O–H groups in total. The van der Waals surface area contributed by atoms with Crippen molar-refractivity contribution in [1.82, 2.24) is 5.43 Å².